The van der Waals surface area contributed by atoms with Crippen molar-refractivity contribution in [1.82, 2.24) is 18.7 Å². The maximum absolute atomic E-state index is 13.2. The first-order valence-electron chi connectivity index (χ1n) is 10.4. The van der Waals surface area contributed by atoms with E-state index in [0.717, 1.165) is 29.7 Å². The quantitative estimate of drug-likeness (QED) is 0.531. The summed E-state index contributed by atoms with van der Waals surface area (Å²) in [6, 6.07) is 0. The average Bonchev–Trinajstić information content (AvgIpc) is 3.27. The molecule has 1 unspecified atom stereocenters. The summed E-state index contributed by atoms with van der Waals surface area (Å²) in [5.41, 5.74) is 0.0506. The summed E-state index contributed by atoms with van der Waals surface area (Å²) in [7, 11) is 1.55. The van der Waals surface area contributed by atoms with E-state index in [0.29, 0.717) is 35.8 Å². The van der Waals surface area contributed by atoms with Crippen LogP contribution in [0.25, 0.3) is 10.2 Å². The molecule has 1 N–H and O–H groups in total. The van der Waals surface area contributed by atoms with Gasteiger partial charge in [-0.15, -0.1) is 11.3 Å². The van der Waals surface area contributed by atoms with Crippen LogP contribution in [0.1, 0.15) is 43.6 Å². The summed E-state index contributed by atoms with van der Waals surface area (Å²) in [6.07, 6.45) is 6.51. The average molecular weight is 435 g/mol. The number of thiophene rings is 1. The number of unbranched alkanes of at least 4 members (excludes halogenated alkanes) is 1. The zero-order valence-corrected chi connectivity index (χ0v) is 18.9. The van der Waals surface area contributed by atoms with Crippen molar-refractivity contribution in [3.63, 3.8) is 0 Å². The lowest BCUT2D eigenvalue weighted by molar-refractivity contribution is 0.184. The van der Waals surface area contributed by atoms with Gasteiger partial charge in [0.1, 0.15) is 4.83 Å². The molecule has 0 fully saturated rings. The SMILES string of the molecule is CCCCC(C)Cn1c(=O)n(CCOC)c(=O)c2c(C)c(Cn3cc[nH]c3=O)sc21. The molecule has 0 radical (unpaired) electrons. The van der Waals surface area contributed by atoms with Crippen molar-refractivity contribution in [2.24, 2.45) is 5.92 Å². The number of aromatic amines is 1. The third-order valence-electron chi connectivity index (χ3n) is 5.49. The van der Waals surface area contributed by atoms with Crippen LogP contribution in [-0.4, -0.2) is 32.4 Å². The number of hydrogen-bond acceptors (Lipinski definition) is 5. The highest BCUT2D eigenvalue weighted by molar-refractivity contribution is 7.18. The molecule has 9 heteroatoms. The van der Waals surface area contributed by atoms with Crippen LogP contribution in [0, 0.1) is 12.8 Å². The molecule has 3 aromatic rings. The van der Waals surface area contributed by atoms with Gasteiger partial charge in [-0.05, 0) is 24.8 Å². The van der Waals surface area contributed by atoms with Gasteiger partial charge in [-0.2, -0.15) is 0 Å². The normalized spacial score (nSPS) is 12.7. The zero-order chi connectivity index (χ0) is 21.8. The highest BCUT2D eigenvalue weighted by Crippen LogP contribution is 2.29. The van der Waals surface area contributed by atoms with Crippen LogP contribution in [0.2, 0.25) is 0 Å². The second-order valence-corrected chi connectivity index (χ2v) is 8.90. The van der Waals surface area contributed by atoms with Crippen LogP contribution in [0.4, 0.5) is 0 Å². The number of H-pyrrole nitrogens is 1. The number of hydrogen-bond donors (Lipinski definition) is 1. The van der Waals surface area contributed by atoms with Crippen LogP contribution in [0.15, 0.2) is 26.8 Å². The van der Waals surface area contributed by atoms with Crippen LogP contribution in [-0.2, 0) is 24.4 Å². The topological polar surface area (TPSA) is 91.0 Å². The van der Waals surface area contributed by atoms with E-state index in [2.05, 4.69) is 18.8 Å². The maximum atomic E-state index is 13.2. The Hall–Kier alpha value is -2.39. The molecule has 3 rings (SSSR count). The van der Waals surface area contributed by atoms with Crippen LogP contribution < -0.4 is 16.9 Å². The molecule has 0 saturated carbocycles. The smallest absolute Gasteiger partial charge is 0.332 e. The molecular formula is C21H30N4O4S. The van der Waals surface area contributed by atoms with E-state index in [9.17, 15) is 14.4 Å². The second-order valence-electron chi connectivity index (χ2n) is 7.81. The van der Waals surface area contributed by atoms with Gasteiger partial charge in [-0.1, -0.05) is 26.7 Å². The molecule has 164 valence electrons. The highest BCUT2D eigenvalue weighted by Gasteiger charge is 2.21. The van der Waals surface area contributed by atoms with Gasteiger partial charge < -0.3 is 9.72 Å². The van der Waals surface area contributed by atoms with E-state index in [1.807, 2.05) is 6.92 Å². The van der Waals surface area contributed by atoms with Gasteiger partial charge >= 0.3 is 11.4 Å². The Morgan fingerprint density at radius 3 is 2.63 bits per heavy atom. The summed E-state index contributed by atoms with van der Waals surface area (Å²) in [6.45, 7) is 7.62. The van der Waals surface area contributed by atoms with Crippen LogP contribution in [0.5, 0.6) is 0 Å². The lowest BCUT2D eigenvalue weighted by atomic mass is 10.0. The van der Waals surface area contributed by atoms with Gasteiger partial charge in [-0.25, -0.2) is 9.59 Å². The van der Waals surface area contributed by atoms with E-state index in [1.165, 1.54) is 15.9 Å². The van der Waals surface area contributed by atoms with Crippen molar-refractivity contribution in [3.05, 3.63) is 54.2 Å². The molecule has 0 aliphatic rings. The van der Waals surface area contributed by atoms with Crippen molar-refractivity contribution in [2.45, 2.75) is 59.7 Å². The molecule has 0 saturated heterocycles. The van der Waals surface area contributed by atoms with Gasteiger partial charge in [0.05, 0.1) is 25.1 Å². The first kappa shape index (κ1) is 22.3. The fraction of sp³-hybridized carbons (Fsp3) is 0.571. The summed E-state index contributed by atoms with van der Waals surface area (Å²) in [4.78, 5) is 42.6. The minimum atomic E-state index is -0.292. The van der Waals surface area contributed by atoms with E-state index >= 15 is 0 Å². The van der Waals surface area contributed by atoms with Crippen molar-refractivity contribution >= 4 is 21.6 Å². The highest BCUT2D eigenvalue weighted by atomic mass is 32.1. The minimum absolute atomic E-state index is 0.199. The Morgan fingerprint density at radius 1 is 1.23 bits per heavy atom. The van der Waals surface area contributed by atoms with Gasteiger partial charge in [-0.3, -0.25) is 18.5 Å². The number of aryl methyl sites for hydroxylation is 1. The number of imidazole rings is 1. The summed E-state index contributed by atoms with van der Waals surface area (Å²) in [5.74, 6) is 0.317. The fourth-order valence-corrected chi connectivity index (χ4v) is 5.01. The Morgan fingerprint density at radius 2 is 2.00 bits per heavy atom. The Labute approximate surface area is 178 Å². The molecule has 0 amide bonds. The van der Waals surface area contributed by atoms with Gasteiger partial charge in [0.15, 0.2) is 0 Å². The second kappa shape index (κ2) is 9.61. The van der Waals surface area contributed by atoms with Gasteiger partial charge in [0.25, 0.3) is 5.56 Å². The predicted octanol–water partition coefficient (Wildman–Crippen LogP) is 2.54. The van der Waals surface area contributed by atoms with Crippen molar-refractivity contribution in [2.75, 3.05) is 13.7 Å². The molecular weight excluding hydrogens is 404 g/mol. The molecule has 0 aliphatic carbocycles. The number of ether oxygens (including phenoxy) is 1. The van der Waals surface area contributed by atoms with Crippen LogP contribution in [0.3, 0.4) is 0 Å². The third kappa shape index (κ3) is 4.37. The first-order valence-corrected chi connectivity index (χ1v) is 11.2. The third-order valence-corrected chi connectivity index (χ3v) is 6.79. The number of nitrogens with one attached hydrogen (secondary N) is 1. The number of nitrogens with zero attached hydrogens (tertiary/aromatic N) is 3. The lowest BCUT2D eigenvalue weighted by Gasteiger charge is -2.16. The molecule has 3 aromatic heterocycles. The van der Waals surface area contributed by atoms with Crippen molar-refractivity contribution in [1.29, 1.82) is 0 Å². The predicted molar refractivity (Wildman–Crippen MR) is 120 cm³/mol. The van der Waals surface area contributed by atoms with Crippen LogP contribution >= 0.6 is 11.3 Å². The molecule has 0 aliphatic heterocycles. The number of fused-ring (bicyclic) bond motifs is 1. The Balaban J connectivity index is 2.16. The van der Waals surface area contributed by atoms with E-state index in [4.69, 9.17) is 4.74 Å². The summed E-state index contributed by atoms with van der Waals surface area (Å²) >= 11 is 1.43. The standard InChI is InChI=1S/C21H30N4O4S/c1-5-6-7-14(2)12-25-19-17(18(26)24(21(25)28)10-11-29-4)15(3)16(30-19)13-23-9-8-22-20(23)27/h8-9,14H,5-7,10-13H2,1-4H3,(H,22,27). The van der Waals surface area contributed by atoms with E-state index < -0.39 is 0 Å². The largest absolute Gasteiger partial charge is 0.383 e. The summed E-state index contributed by atoms with van der Waals surface area (Å²) in [5, 5.41) is 0.567. The molecule has 30 heavy (non-hydrogen) atoms. The number of methoxy groups -OCH3 is 1. The monoisotopic (exact) mass is 434 g/mol. The minimum Gasteiger partial charge on any atom is -0.383 e. The molecule has 0 spiro atoms. The first-order chi connectivity index (χ1) is 14.4. The Kier molecular flexibility index (Phi) is 7.14. The van der Waals surface area contributed by atoms with E-state index in [1.54, 1.807) is 28.6 Å². The number of aromatic nitrogens is 4. The zero-order valence-electron chi connectivity index (χ0n) is 18.1. The maximum Gasteiger partial charge on any atom is 0.332 e. The molecule has 8 nitrogen and oxygen atoms in total. The number of rotatable bonds is 10. The molecule has 1 atom stereocenters. The van der Waals surface area contributed by atoms with E-state index in [-0.39, 0.29) is 23.5 Å². The van der Waals surface area contributed by atoms with Crippen molar-refractivity contribution in [3.8, 4) is 0 Å². The fourth-order valence-electron chi connectivity index (χ4n) is 3.72. The Bertz CT molecular complexity index is 1180. The van der Waals surface area contributed by atoms with Gasteiger partial charge in [0.2, 0.25) is 0 Å². The molecule has 3 heterocycles. The lowest BCUT2D eigenvalue weighted by Crippen LogP contribution is -2.41. The molecule has 0 aromatic carbocycles. The molecule has 0 bridgehead atoms. The summed E-state index contributed by atoms with van der Waals surface area (Å²) < 4.78 is 9.70. The van der Waals surface area contributed by atoms with Gasteiger partial charge in [0, 0.05) is 30.9 Å². The van der Waals surface area contributed by atoms with Crippen molar-refractivity contribution < 1.29 is 4.74 Å².